The van der Waals surface area contributed by atoms with Crippen molar-refractivity contribution < 1.29 is 5.11 Å². The Hall–Kier alpha value is -2.47. The Morgan fingerprint density at radius 3 is 2.11 bits per heavy atom. The molecule has 1 heterocycles. The lowest BCUT2D eigenvalue weighted by atomic mass is 9.93. The van der Waals surface area contributed by atoms with Gasteiger partial charge >= 0.3 is 0 Å². The Morgan fingerprint density at radius 1 is 1.06 bits per heavy atom. The molecule has 0 spiro atoms. The lowest BCUT2D eigenvalue weighted by Crippen LogP contribution is -2.28. The minimum atomic E-state index is -1.55. The van der Waals surface area contributed by atoms with Gasteiger partial charge in [0.15, 0.2) is 11.4 Å². The van der Waals surface area contributed by atoms with E-state index in [0.29, 0.717) is 5.56 Å². The first-order chi connectivity index (χ1) is 8.56. The number of hydrogen-bond acceptors (Lipinski definition) is 6. The van der Waals surface area contributed by atoms with E-state index in [-0.39, 0.29) is 17.7 Å². The van der Waals surface area contributed by atoms with E-state index < -0.39 is 5.60 Å². The zero-order chi connectivity index (χ0) is 13.2. The minimum Gasteiger partial charge on any atom is -0.373 e. The normalized spacial score (nSPS) is 13.8. The monoisotopic (exact) mass is 243 g/mol. The molecular weight excluding hydrogens is 230 g/mol. The van der Waals surface area contributed by atoms with Crippen LogP contribution in [0, 0.1) is 0 Å². The van der Waals surface area contributed by atoms with Gasteiger partial charge in [-0.2, -0.15) is 15.0 Å². The topological polar surface area (TPSA) is 111 Å². The van der Waals surface area contributed by atoms with Crippen LogP contribution in [0.2, 0.25) is 0 Å². The Bertz CT molecular complexity index is 552. The van der Waals surface area contributed by atoms with Gasteiger partial charge in [0, 0.05) is 0 Å². The van der Waals surface area contributed by atoms with Gasteiger partial charge in [-0.1, -0.05) is 36.9 Å². The summed E-state index contributed by atoms with van der Waals surface area (Å²) < 4.78 is 0. The van der Waals surface area contributed by atoms with Crippen LogP contribution in [0.5, 0.6) is 0 Å². The Kier molecular flexibility index (Phi) is 2.95. The molecule has 0 fully saturated rings. The van der Waals surface area contributed by atoms with Gasteiger partial charge in [-0.3, -0.25) is 0 Å². The zero-order valence-corrected chi connectivity index (χ0v) is 9.61. The SMILES string of the molecule is C=CC(O)(c1ccccc1)c1nc(N)nc(N)n1. The highest BCUT2D eigenvalue weighted by atomic mass is 16.3. The highest BCUT2D eigenvalue weighted by Crippen LogP contribution is 2.28. The molecule has 6 heteroatoms. The average molecular weight is 243 g/mol. The summed E-state index contributed by atoms with van der Waals surface area (Å²) in [5, 5.41) is 10.6. The van der Waals surface area contributed by atoms with Crippen LogP contribution in [0.3, 0.4) is 0 Å². The first-order valence-corrected chi connectivity index (χ1v) is 5.25. The number of aromatic nitrogens is 3. The standard InChI is InChI=1S/C12H13N5O/c1-2-12(18,8-6-4-3-5-7-8)9-15-10(13)17-11(14)16-9/h2-7,18H,1H2,(H4,13,14,15,16,17). The van der Waals surface area contributed by atoms with Crippen molar-refractivity contribution in [3.05, 3.63) is 54.4 Å². The summed E-state index contributed by atoms with van der Waals surface area (Å²) in [4.78, 5) is 11.5. The molecule has 2 aromatic rings. The van der Waals surface area contributed by atoms with Crippen LogP contribution in [0.15, 0.2) is 43.0 Å². The van der Waals surface area contributed by atoms with Crippen molar-refractivity contribution in [3.63, 3.8) is 0 Å². The Morgan fingerprint density at radius 2 is 1.61 bits per heavy atom. The number of nitrogens with two attached hydrogens (primary N) is 2. The van der Waals surface area contributed by atoms with Crippen molar-refractivity contribution in [1.29, 1.82) is 0 Å². The molecule has 0 saturated heterocycles. The van der Waals surface area contributed by atoms with E-state index in [1.165, 1.54) is 6.08 Å². The lowest BCUT2D eigenvalue weighted by molar-refractivity contribution is 0.124. The number of hydrogen-bond donors (Lipinski definition) is 3. The Balaban J connectivity index is 2.60. The van der Waals surface area contributed by atoms with Crippen molar-refractivity contribution in [1.82, 2.24) is 15.0 Å². The second kappa shape index (κ2) is 4.42. The van der Waals surface area contributed by atoms with E-state index in [1.54, 1.807) is 24.3 Å². The van der Waals surface area contributed by atoms with Crippen LogP contribution >= 0.6 is 0 Å². The van der Waals surface area contributed by atoms with Crippen molar-refractivity contribution in [2.45, 2.75) is 5.60 Å². The molecule has 1 aromatic carbocycles. The Labute approximate surface area is 104 Å². The molecule has 1 unspecified atom stereocenters. The summed E-state index contributed by atoms with van der Waals surface area (Å²) >= 11 is 0. The molecule has 1 atom stereocenters. The van der Waals surface area contributed by atoms with Crippen molar-refractivity contribution in [3.8, 4) is 0 Å². The number of rotatable bonds is 3. The quantitative estimate of drug-likeness (QED) is 0.675. The van der Waals surface area contributed by atoms with Gasteiger partial charge in [0.05, 0.1) is 0 Å². The van der Waals surface area contributed by atoms with Gasteiger partial charge in [-0.25, -0.2) is 0 Å². The van der Waals surface area contributed by atoms with E-state index >= 15 is 0 Å². The second-order valence-electron chi connectivity index (χ2n) is 3.71. The number of aliphatic hydroxyl groups is 1. The smallest absolute Gasteiger partial charge is 0.225 e. The highest BCUT2D eigenvalue weighted by Gasteiger charge is 2.32. The van der Waals surface area contributed by atoms with Crippen LogP contribution < -0.4 is 11.5 Å². The highest BCUT2D eigenvalue weighted by molar-refractivity contribution is 5.37. The number of nitrogen functional groups attached to an aromatic ring is 2. The van der Waals surface area contributed by atoms with E-state index in [2.05, 4.69) is 21.5 Å². The summed E-state index contributed by atoms with van der Waals surface area (Å²) in [6.07, 6.45) is 1.33. The van der Waals surface area contributed by atoms with Crippen LogP contribution in [-0.4, -0.2) is 20.1 Å². The van der Waals surface area contributed by atoms with Gasteiger partial charge in [0.25, 0.3) is 0 Å². The fraction of sp³-hybridized carbons (Fsp3) is 0.0833. The van der Waals surface area contributed by atoms with E-state index in [1.807, 2.05) is 6.07 Å². The summed E-state index contributed by atoms with van der Waals surface area (Å²) in [5.41, 5.74) is 10.0. The fourth-order valence-corrected chi connectivity index (χ4v) is 1.61. The molecule has 0 radical (unpaired) electrons. The van der Waals surface area contributed by atoms with Gasteiger partial charge in [-0.05, 0) is 11.6 Å². The molecule has 1 aromatic heterocycles. The largest absolute Gasteiger partial charge is 0.373 e. The third-order valence-corrected chi connectivity index (χ3v) is 2.52. The maximum atomic E-state index is 10.6. The molecule has 0 bridgehead atoms. The molecule has 0 aliphatic carbocycles. The van der Waals surface area contributed by atoms with Crippen molar-refractivity contribution >= 4 is 11.9 Å². The number of anilines is 2. The number of nitrogens with zero attached hydrogens (tertiary/aromatic N) is 3. The summed E-state index contributed by atoms with van der Waals surface area (Å²) in [7, 11) is 0. The summed E-state index contributed by atoms with van der Waals surface area (Å²) in [6, 6.07) is 8.88. The van der Waals surface area contributed by atoms with E-state index in [0.717, 1.165) is 0 Å². The predicted octanol–water partition coefficient (Wildman–Crippen LogP) is 0.458. The maximum absolute atomic E-state index is 10.6. The molecule has 0 aliphatic heterocycles. The van der Waals surface area contributed by atoms with Crippen LogP contribution in [0.1, 0.15) is 11.4 Å². The third kappa shape index (κ3) is 2.01. The maximum Gasteiger partial charge on any atom is 0.225 e. The molecule has 92 valence electrons. The van der Waals surface area contributed by atoms with E-state index in [4.69, 9.17) is 11.5 Å². The third-order valence-electron chi connectivity index (χ3n) is 2.52. The van der Waals surface area contributed by atoms with Gasteiger partial charge in [0.2, 0.25) is 11.9 Å². The minimum absolute atomic E-state index is 0.0475. The van der Waals surface area contributed by atoms with E-state index in [9.17, 15) is 5.11 Å². The molecule has 18 heavy (non-hydrogen) atoms. The molecule has 2 rings (SSSR count). The van der Waals surface area contributed by atoms with Gasteiger partial charge in [0.1, 0.15) is 0 Å². The van der Waals surface area contributed by atoms with Gasteiger partial charge in [-0.15, -0.1) is 0 Å². The van der Waals surface area contributed by atoms with Crippen molar-refractivity contribution in [2.24, 2.45) is 0 Å². The molecule has 0 amide bonds. The molecule has 5 N–H and O–H groups in total. The van der Waals surface area contributed by atoms with Crippen LogP contribution in [0.4, 0.5) is 11.9 Å². The fourth-order valence-electron chi connectivity index (χ4n) is 1.61. The zero-order valence-electron chi connectivity index (χ0n) is 9.61. The molecule has 0 aliphatic rings. The molecule has 0 saturated carbocycles. The molecular formula is C12H13N5O. The lowest BCUT2D eigenvalue weighted by Gasteiger charge is -2.23. The number of benzene rings is 1. The summed E-state index contributed by atoms with van der Waals surface area (Å²) in [5.74, 6) is -0.0453. The van der Waals surface area contributed by atoms with Crippen LogP contribution in [-0.2, 0) is 5.60 Å². The first kappa shape index (κ1) is 12.0. The second-order valence-corrected chi connectivity index (χ2v) is 3.71. The van der Waals surface area contributed by atoms with Gasteiger partial charge < -0.3 is 16.6 Å². The predicted molar refractivity (Wildman–Crippen MR) is 68.3 cm³/mol. The average Bonchev–Trinajstić information content (AvgIpc) is 2.37. The molecule has 6 nitrogen and oxygen atoms in total. The summed E-state index contributed by atoms with van der Waals surface area (Å²) in [6.45, 7) is 3.61. The van der Waals surface area contributed by atoms with Crippen LogP contribution in [0.25, 0.3) is 0 Å². The first-order valence-electron chi connectivity index (χ1n) is 5.25. The van der Waals surface area contributed by atoms with Crippen molar-refractivity contribution in [2.75, 3.05) is 11.5 Å².